The molecule has 0 atom stereocenters. The second kappa shape index (κ2) is 5.47. The number of aromatic nitrogens is 3. The van der Waals surface area contributed by atoms with E-state index < -0.39 is 5.97 Å². The molecule has 7 nitrogen and oxygen atoms in total. The first-order valence-corrected chi connectivity index (χ1v) is 5.70. The summed E-state index contributed by atoms with van der Waals surface area (Å²) in [5.41, 5.74) is 0.0404. The average Bonchev–Trinajstić information content (AvgIpc) is 2.85. The van der Waals surface area contributed by atoms with Crippen molar-refractivity contribution < 1.29 is 19.2 Å². The van der Waals surface area contributed by atoms with Gasteiger partial charge in [-0.05, 0) is 6.07 Å². The standard InChI is InChI=1S/C12H13N3O4/c1-7(2)11-14-10(19-15-11)6-18-9-5-13-4-3-8(9)12(16)17/h3-5,7H,6H2,1-2H3,(H,16,17). The Kier molecular flexibility index (Phi) is 3.74. The molecule has 0 amide bonds. The van der Waals surface area contributed by atoms with Crippen molar-refractivity contribution in [2.75, 3.05) is 0 Å². The lowest BCUT2D eigenvalue weighted by molar-refractivity contribution is 0.0690. The number of nitrogens with zero attached hydrogens (tertiary/aromatic N) is 3. The summed E-state index contributed by atoms with van der Waals surface area (Å²) < 4.78 is 10.3. The van der Waals surface area contributed by atoms with E-state index in [-0.39, 0.29) is 23.8 Å². The van der Waals surface area contributed by atoms with Gasteiger partial charge in [0, 0.05) is 12.1 Å². The molecule has 0 aromatic carbocycles. The SMILES string of the molecule is CC(C)c1noc(COc2cnccc2C(=O)O)n1. The molecule has 2 aromatic rings. The van der Waals surface area contributed by atoms with Gasteiger partial charge in [-0.2, -0.15) is 4.98 Å². The zero-order valence-corrected chi connectivity index (χ0v) is 10.5. The van der Waals surface area contributed by atoms with E-state index >= 15 is 0 Å². The van der Waals surface area contributed by atoms with E-state index in [9.17, 15) is 4.79 Å². The highest BCUT2D eigenvalue weighted by atomic mass is 16.5. The van der Waals surface area contributed by atoms with Crippen LogP contribution in [-0.2, 0) is 6.61 Å². The molecule has 0 saturated carbocycles. The molecule has 19 heavy (non-hydrogen) atoms. The predicted octanol–water partition coefficient (Wildman–Crippen LogP) is 1.87. The van der Waals surface area contributed by atoms with Gasteiger partial charge in [-0.25, -0.2) is 4.79 Å². The van der Waals surface area contributed by atoms with Gasteiger partial charge in [0.2, 0.25) is 0 Å². The summed E-state index contributed by atoms with van der Waals surface area (Å²) in [5.74, 6) is 0.128. The van der Waals surface area contributed by atoms with E-state index in [1.807, 2.05) is 13.8 Å². The van der Waals surface area contributed by atoms with Gasteiger partial charge in [-0.1, -0.05) is 19.0 Å². The molecule has 0 unspecified atom stereocenters. The number of hydrogen-bond donors (Lipinski definition) is 1. The minimum atomic E-state index is -1.08. The first-order chi connectivity index (χ1) is 9.08. The van der Waals surface area contributed by atoms with Crippen LogP contribution in [0.4, 0.5) is 0 Å². The van der Waals surface area contributed by atoms with Crippen molar-refractivity contribution >= 4 is 5.97 Å². The van der Waals surface area contributed by atoms with Gasteiger partial charge < -0.3 is 14.4 Å². The maximum atomic E-state index is 11.0. The Morgan fingerprint density at radius 2 is 2.32 bits per heavy atom. The smallest absolute Gasteiger partial charge is 0.339 e. The predicted molar refractivity (Wildman–Crippen MR) is 63.9 cm³/mol. The Morgan fingerprint density at radius 1 is 1.53 bits per heavy atom. The van der Waals surface area contributed by atoms with Gasteiger partial charge in [0.1, 0.15) is 5.56 Å². The fourth-order valence-corrected chi connectivity index (χ4v) is 1.37. The second-order valence-corrected chi connectivity index (χ2v) is 4.17. The van der Waals surface area contributed by atoms with Gasteiger partial charge in [-0.15, -0.1) is 0 Å². The molecule has 0 saturated heterocycles. The number of carboxylic acid groups (broad SMARTS) is 1. The van der Waals surface area contributed by atoms with Crippen LogP contribution in [0.5, 0.6) is 5.75 Å². The topological polar surface area (TPSA) is 98.3 Å². The van der Waals surface area contributed by atoms with Crippen molar-refractivity contribution in [3.8, 4) is 5.75 Å². The summed E-state index contributed by atoms with van der Waals surface area (Å²) in [6, 6.07) is 1.37. The Morgan fingerprint density at radius 3 is 2.95 bits per heavy atom. The number of hydrogen-bond acceptors (Lipinski definition) is 6. The van der Waals surface area contributed by atoms with Gasteiger partial charge >= 0.3 is 5.97 Å². The molecule has 0 aliphatic carbocycles. The number of pyridine rings is 1. The molecular formula is C12H13N3O4. The normalized spacial score (nSPS) is 10.7. The third-order valence-electron chi connectivity index (χ3n) is 2.37. The highest BCUT2D eigenvalue weighted by Gasteiger charge is 2.14. The largest absolute Gasteiger partial charge is 0.481 e. The minimum absolute atomic E-state index is 0.00565. The van der Waals surface area contributed by atoms with Crippen LogP contribution in [0, 0.1) is 0 Å². The molecular weight excluding hydrogens is 250 g/mol. The lowest BCUT2D eigenvalue weighted by Gasteiger charge is -2.05. The van der Waals surface area contributed by atoms with Crippen molar-refractivity contribution in [1.82, 2.24) is 15.1 Å². The zero-order valence-electron chi connectivity index (χ0n) is 10.5. The summed E-state index contributed by atoms with van der Waals surface area (Å²) in [5, 5.41) is 12.8. The minimum Gasteiger partial charge on any atom is -0.481 e. The third-order valence-corrected chi connectivity index (χ3v) is 2.37. The summed E-state index contributed by atoms with van der Waals surface area (Å²) in [6.45, 7) is 3.89. The van der Waals surface area contributed by atoms with Crippen LogP contribution in [-0.4, -0.2) is 26.2 Å². The van der Waals surface area contributed by atoms with Gasteiger partial charge in [0.05, 0.1) is 6.20 Å². The first-order valence-electron chi connectivity index (χ1n) is 5.70. The third kappa shape index (κ3) is 3.06. The summed E-state index contributed by atoms with van der Waals surface area (Å²) in [7, 11) is 0. The van der Waals surface area contributed by atoms with Crippen molar-refractivity contribution in [3.63, 3.8) is 0 Å². The monoisotopic (exact) mass is 263 g/mol. The molecule has 0 radical (unpaired) electrons. The fraction of sp³-hybridized carbons (Fsp3) is 0.333. The number of rotatable bonds is 5. The highest BCUT2D eigenvalue weighted by Crippen LogP contribution is 2.18. The lowest BCUT2D eigenvalue weighted by atomic mass is 10.2. The molecule has 100 valence electrons. The molecule has 0 fully saturated rings. The molecule has 2 rings (SSSR count). The number of aromatic carboxylic acids is 1. The van der Waals surface area contributed by atoms with E-state index in [0.29, 0.717) is 11.7 Å². The van der Waals surface area contributed by atoms with E-state index in [2.05, 4.69) is 15.1 Å². The van der Waals surface area contributed by atoms with Crippen molar-refractivity contribution in [3.05, 3.63) is 35.7 Å². The van der Waals surface area contributed by atoms with E-state index in [0.717, 1.165) is 0 Å². The van der Waals surface area contributed by atoms with Crippen LogP contribution in [0.3, 0.4) is 0 Å². The first kappa shape index (κ1) is 13.0. The quantitative estimate of drug-likeness (QED) is 0.878. The van der Waals surface area contributed by atoms with Crippen LogP contribution in [0.2, 0.25) is 0 Å². The van der Waals surface area contributed by atoms with Crippen molar-refractivity contribution in [2.24, 2.45) is 0 Å². The van der Waals surface area contributed by atoms with Crippen LogP contribution in [0.15, 0.2) is 23.0 Å². The number of carbonyl (C=O) groups is 1. The lowest BCUT2D eigenvalue weighted by Crippen LogP contribution is -2.04. The highest BCUT2D eigenvalue weighted by molar-refractivity contribution is 5.90. The molecule has 0 bridgehead atoms. The van der Waals surface area contributed by atoms with Crippen LogP contribution in [0.1, 0.15) is 41.8 Å². The van der Waals surface area contributed by atoms with Gasteiger partial charge in [-0.3, -0.25) is 4.98 Å². The fourth-order valence-electron chi connectivity index (χ4n) is 1.37. The average molecular weight is 263 g/mol. The summed E-state index contributed by atoms with van der Waals surface area (Å²) in [4.78, 5) is 18.9. The molecule has 2 heterocycles. The Labute approximate surface area is 109 Å². The van der Waals surface area contributed by atoms with Gasteiger partial charge in [0.15, 0.2) is 18.2 Å². The van der Waals surface area contributed by atoms with E-state index in [4.69, 9.17) is 14.4 Å². The maximum Gasteiger partial charge on any atom is 0.339 e. The molecule has 2 aromatic heterocycles. The Bertz CT molecular complexity index is 580. The molecule has 0 aliphatic heterocycles. The maximum absolute atomic E-state index is 11.0. The van der Waals surface area contributed by atoms with Crippen LogP contribution in [0.25, 0.3) is 0 Å². The Balaban J connectivity index is 2.08. The van der Waals surface area contributed by atoms with Crippen molar-refractivity contribution in [1.29, 1.82) is 0 Å². The van der Waals surface area contributed by atoms with Gasteiger partial charge in [0.25, 0.3) is 5.89 Å². The summed E-state index contributed by atoms with van der Waals surface area (Å²) in [6.07, 6.45) is 2.73. The molecule has 1 N–H and O–H groups in total. The van der Waals surface area contributed by atoms with Crippen molar-refractivity contribution in [2.45, 2.75) is 26.4 Å². The zero-order chi connectivity index (χ0) is 13.8. The molecule has 7 heteroatoms. The van der Waals surface area contributed by atoms with E-state index in [1.54, 1.807) is 0 Å². The summed E-state index contributed by atoms with van der Waals surface area (Å²) >= 11 is 0. The van der Waals surface area contributed by atoms with E-state index in [1.165, 1.54) is 18.5 Å². The second-order valence-electron chi connectivity index (χ2n) is 4.17. The number of carboxylic acids is 1. The van der Waals surface area contributed by atoms with Crippen LogP contribution >= 0.6 is 0 Å². The molecule has 0 aliphatic rings. The Hall–Kier alpha value is -2.44. The molecule has 0 spiro atoms. The van der Waals surface area contributed by atoms with Crippen LogP contribution < -0.4 is 4.74 Å². The number of ether oxygens (including phenoxy) is 1.